The molecular formula is C20H26O3S. The lowest BCUT2D eigenvalue weighted by atomic mass is 9.76. The summed E-state index contributed by atoms with van der Waals surface area (Å²) in [5.41, 5.74) is 3.66. The molecule has 1 aliphatic carbocycles. The first-order valence-electron chi connectivity index (χ1n) is 8.38. The minimum Gasteiger partial charge on any atom is -0.462 e. The second-order valence-corrected chi connectivity index (χ2v) is 7.73. The largest absolute Gasteiger partial charge is 0.462 e. The van der Waals surface area contributed by atoms with Gasteiger partial charge >= 0.3 is 5.97 Å². The highest BCUT2D eigenvalue weighted by atomic mass is 32.1. The van der Waals surface area contributed by atoms with Crippen LogP contribution in [0, 0.1) is 5.41 Å². The number of hydrogen-bond acceptors (Lipinski definition) is 4. The second-order valence-electron chi connectivity index (χ2n) is 6.98. The number of ketones is 1. The van der Waals surface area contributed by atoms with Crippen LogP contribution in [0.15, 0.2) is 35.1 Å². The van der Waals surface area contributed by atoms with Gasteiger partial charge < -0.3 is 4.74 Å². The van der Waals surface area contributed by atoms with Crippen LogP contribution in [0.5, 0.6) is 0 Å². The summed E-state index contributed by atoms with van der Waals surface area (Å²) >= 11 is 1.75. The lowest BCUT2D eigenvalue weighted by Crippen LogP contribution is -2.30. The number of carbonyl (C=O) groups is 2. The first-order valence-corrected chi connectivity index (χ1v) is 9.32. The molecule has 130 valence electrons. The lowest BCUT2D eigenvalue weighted by Gasteiger charge is -2.32. The molecule has 1 aromatic rings. The van der Waals surface area contributed by atoms with E-state index in [2.05, 4.69) is 23.9 Å². The zero-order valence-electron chi connectivity index (χ0n) is 14.7. The van der Waals surface area contributed by atoms with Gasteiger partial charge in [0.1, 0.15) is 0 Å². The topological polar surface area (TPSA) is 43.4 Å². The van der Waals surface area contributed by atoms with E-state index in [0.717, 1.165) is 32.1 Å². The summed E-state index contributed by atoms with van der Waals surface area (Å²) < 4.78 is 5.50. The fourth-order valence-corrected chi connectivity index (χ4v) is 4.05. The molecule has 1 aliphatic rings. The van der Waals surface area contributed by atoms with Gasteiger partial charge in [-0.1, -0.05) is 13.2 Å². The highest BCUT2D eigenvalue weighted by molar-refractivity contribution is 7.08. The Labute approximate surface area is 148 Å². The number of esters is 1. The Hall–Kier alpha value is -1.68. The molecule has 0 radical (unpaired) electrons. The lowest BCUT2D eigenvalue weighted by molar-refractivity contribution is -0.143. The van der Waals surface area contributed by atoms with Crippen molar-refractivity contribution in [2.45, 2.75) is 52.4 Å². The third-order valence-electron chi connectivity index (χ3n) is 4.90. The van der Waals surface area contributed by atoms with Crippen molar-refractivity contribution in [1.82, 2.24) is 0 Å². The van der Waals surface area contributed by atoms with Crippen molar-refractivity contribution in [3.8, 4) is 0 Å². The first-order chi connectivity index (χ1) is 11.3. The molecule has 0 saturated heterocycles. The predicted molar refractivity (Wildman–Crippen MR) is 98.2 cm³/mol. The summed E-state index contributed by atoms with van der Waals surface area (Å²) in [7, 11) is 0. The quantitative estimate of drug-likeness (QED) is 0.410. The molecule has 0 atom stereocenters. The summed E-state index contributed by atoms with van der Waals surface area (Å²) in [4.78, 5) is 23.8. The molecule has 0 aliphatic heterocycles. The van der Waals surface area contributed by atoms with E-state index in [0.29, 0.717) is 24.2 Å². The Kier molecular flexibility index (Phi) is 6.16. The average molecular weight is 346 g/mol. The number of thiophene rings is 1. The minimum atomic E-state index is -0.348. The highest BCUT2D eigenvalue weighted by Gasteiger charge is 2.34. The van der Waals surface area contributed by atoms with Crippen LogP contribution in [-0.4, -0.2) is 18.4 Å². The summed E-state index contributed by atoms with van der Waals surface area (Å²) in [6.45, 7) is 11.1. The van der Waals surface area contributed by atoms with Crippen LogP contribution >= 0.6 is 11.3 Å². The van der Waals surface area contributed by atoms with Crippen molar-refractivity contribution in [2.75, 3.05) is 6.61 Å². The molecule has 0 spiro atoms. The highest BCUT2D eigenvalue weighted by Crippen LogP contribution is 2.40. The number of Topliss-reactive ketones (excluding diaryl/α,β-unsaturated/α-hetero) is 1. The van der Waals surface area contributed by atoms with Crippen LogP contribution < -0.4 is 0 Å². The Morgan fingerprint density at radius 3 is 2.21 bits per heavy atom. The molecule has 24 heavy (non-hydrogen) atoms. The number of carbonyl (C=O) groups excluding carboxylic acids is 2. The number of rotatable bonds is 7. The summed E-state index contributed by atoms with van der Waals surface area (Å²) in [5.74, 6) is -0.252. The maximum atomic E-state index is 12.0. The summed E-state index contributed by atoms with van der Waals surface area (Å²) in [6, 6.07) is 0. The molecule has 0 amide bonds. The summed E-state index contributed by atoms with van der Waals surface area (Å²) in [5, 5.41) is 4.43. The van der Waals surface area contributed by atoms with Crippen molar-refractivity contribution in [2.24, 2.45) is 5.41 Å². The fraction of sp³-hybridized carbons (Fsp3) is 0.500. The van der Waals surface area contributed by atoms with Gasteiger partial charge in [0, 0.05) is 17.4 Å². The molecule has 4 heteroatoms. The van der Waals surface area contributed by atoms with Gasteiger partial charge in [-0.15, -0.1) is 0 Å². The maximum Gasteiger partial charge on any atom is 0.333 e. The SMILES string of the molecule is C=C(C)C(=O)CCC1(COC(=O)C(=C)C)CCc2cscc2CC1. The molecule has 2 rings (SSSR count). The van der Waals surface area contributed by atoms with E-state index in [1.165, 1.54) is 11.1 Å². The Balaban J connectivity index is 2.10. The van der Waals surface area contributed by atoms with E-state index >= 15 is 0 Å². The van der Waals surface area contributed by atoms with Crippen molar-refractivity contribution < 1.29 is 14.3 Å². The van der Waals surface area contributed by atoms with Crippen LogP contribution in [-0.2, 0) is 27.2 Å². The monoisotopic (exact) mass is 346 g/mol. The number of aryl methyl sites for hydroxylation is 2. The third kappa shape index (κ3) is 4.67. The number of hydrogen-bond donors (Lipinski definition) is 0. The minimum absolute atomic E-state index is 0.0963. The van der Waals surface area contributed by atoms with Crippen molar-refractivity contribution in [3.63, 3.8) is 0 Å². The van der Waals surface area contributed by atoms with Crippen LogP contribution in [0.3, 0.4) is 0 Å². The Morgan fingerprint density at radius 2 is 1.71 bits per heavy atom. The standard InChI is InChI=1S/C20H26O3S/c1-14(2)18(21)7-10-20(13-23-19(22)15(3)4)8-5-16-11-24-12-17(16)6-9-20/h11-12H,1,3,5-10,13H2,2,4H3. The van der Waals surface area contributed by atoms with Crippen LogP contribution in [0.25, 0.3) is 0 Å². The van der Waals surface area contributed by atoms with E-state index < -0.39 is 0 Å². The average Bonchev–Trinajstić information content (AvgIpc) is 2.93. The maximum absolute atomic E-state index is 12.0. The van der Waals surface area contributed by atoms with E-state index in [-0.39, 0.29) is 17.2 Å². The zero-order chi connectivity index (χ0) is 17.7. The molecule has 0 unspecified atom stereocenters. The van der Waals surface area contributed by atoms with Crippen LogP contribution in [0.2, 0.25) is 0 Å². The van der Waals surface area contributed by atoms with E-state index in [4.69, 9.17) is 4.74 Å². The number of allylic oxidation sites excluding steroid dienone is 1. The van der Waals surface area contributed by atoms with Crippen LogP contribution in [0.4, 0.5) is 0 Å². The fourth-order valence-electron chi connectivity index (χ4n) is 3.11. The van der Waals surface area contributed by atoms with Gasteiger partial charge in [0.05, 0.1) is 6.61 Å². The van der Waals surface area contributed by atoms with Gasteiger partial charge in [-0.3, -0.25) is 4.79 Å². The van der Waals surface area contributed by atoms with Crippen LogP contribution in [0.1, 0.15) is 50.7 Å². The van der Waals surface area contributed by atoms with E-state index in [1.807, 2.05) is 0 Å². The zero-order valence-corrected chi connectivity index (χ0v) is 15.5. The Morgan fingerprint density at radius 1 is 1.12 bits per heavy atom. The molecule has 0 saturated carbocycles. The number of fused-ring (bicyclic) bond motifs is 1. The Bertz CT molecular complexity index is 599. The summed E-state index contributed by atoms with van der Waals surface area (Å²) in [6.07, 6.45) is 5.02. The van der Waals surface area contributed by atoms with Gasteiger partial charge in [0.15, 0.2) is 5.78 Å². The van der Waals surface area contributed by atoms with Crippen molar-refractivity contribution >= 4 is 23.1 Å². The van der Waals surface area contributed by atoms with Crippen molar-refractivity contribution in [3.05, 3.63) is 46.2 Å². The first kappa shape index (κ1) is 18.7. The normalized spacial score (nSPS) is 15.9. The molecule has 0 N–H and O–H groups in total. The molecule has 1 heterocycles. The van der Waals surface area contributed by atoms with E-state index in [9.17, 15) is 9.59 Å². The smallest absolute Gasteiger partial charge is 0.333 e. The predicted octanol–water partition coefficient (Wildman–Crippen LogP) is 4.66. The van der Waals surface area contributed by atoms with E-state index in [1.54, 1.807) is 25.2 Å². The van der Waals surface area contributed by atoms with Gasteiger partial charge in [-0.25, -0.2) is 4.79 Å². The number of ether oxygens (including phenoxy) is 1. The molecule has 3 nitrogen and oxygen atoms in total. The molecule has 1 aromatic heterocycles. The van der Waals surface area contributed by atoms with Gasteiger partial charge in [0.2, 0.25) is 0 Å². The van der Waals surface area contributed by atoms with Crippen molar-refractivity contribution in [1.29, 1.82) is 0 Å². The van der Waals surface area contributed by atoms with Gasteiger partial charge in [-0.05, 0) is 73.4 Å². The molecule has 0 fully saturated rings. The molecule has 0 aromatic carbocycles. The molecule has 0 bridgehead atoms. The molecular weight excluding hydrogens is 320 g/mol. The van der Waals surface area contributed by atoms with Gasteiger partial charge in [0.25, 0.3) is 0 Å². The van der Waals surface area contributed by atoms with Gasteiger partial charge in [-0.2, -0.15) is 11.3 Å². The second kappa shape index (κ2) is 7.93. The third-order valence-corrected chi connectivity index (χ3v) is 5.74.